The lowest BCUT2D eigenvalue weighted by Gasteiger charge is -2.26. The Balaban J connectivity index is 1.30. The van der Waals surface area contributed by atoms with Crippen LogP contribution in [0.1, 0.15) is 52.9 Å². The van der Waals surface area contributed by atoms with Crippen LogP contribution in [-0.4, -0.2) is 19.9 Å². The highest BCUT2D eigenvalue weighted by Gasteiger charge is 2.25. The number of hydrogen-bond acceptors (Lipinski definition) is 5. The molecule has 0 radical (unpaired) electrons. The van der Waals surface area contributed by atoms with Crippen LogP contribution in [-0.2, 0) is 10.8 Å². The summed E-state index contributed by atoms with van der Waals surface area (Å²) >= 11 is 0. The van der Waals surface area contributed by atoms with Crippen LogP contribution in [0.5, 0.6) is 0 Å². The normalized spacial score (nSPS) is 12.0. The summed E-state index contributed by atoms with van der Waals surface area (Å²) in [5.74, 6) is 0. The summed E-state index contributed by atoms with van der Waals surface area (Å²) in [5, 5.41) is 0. The fraction of sp³-hybridized carbons (Fsp3) is 0.190. The van der Waals surface area contributed by atoms with Crippen LogP contribution in [0.25, 0.3) is 44.6 Å². The number of fused-ring (bicyclic) bond motifs is 2. The average molecular weight is 614 g/mol. The number of para-hydroxylation sites is 5. The van der Waals surface area contributed by atoms with Gasteiger partial charge in [-0.15, -0.1) is 0 Å². The molecule has 47 heavy (non-hydrogen) atoms. The van der Waals surface area contributed by atoms with Gasteiger partial charge in [0.1, 0.15) is 0 Å². The van der Waals surface area contributed by atoms with Gasteiger partial charge in [-0.25, -0.2) is 19.9 Å². The van der Waals surface area contributed by atoms with Crippen molar-refractivity contribution >= 4 is 39.1 Å². The van der Waals surface area contributed by atoms with Gasteiger partial charge in [0.15, 0.2) is 0 Å². The molecule has 7 rings (SSSR count). The first-order valence-corrected chi connectivity index (χ1v) is 16.2. The van der Waals surface area contributed by atoms with Crippen LogP contribution < -0.4 is 4.90 Å². The summed E-state index contributed by atoms with van der Waals surface area (Å²) in [4.78, 5) is 22.6. The molecule has 0 amide bonds. The van der Waals surface area contributed by atoms with Crippen molar-refractivity contribution in [1.29, 1.82) is 0 Å². The molecule has 0 bridgehead atoms. The van der Waals surface area contributed by atoms with E-state index in [0.717, 1.165) is 73.0 Å². The average Bonchev–Trinajstić information content (AvgIpc) is 3.07. The highest BCUT2D eigenvalue weighted by Crippen LogP contribution is 2.39. The Morgan fingerprint density at radius 1 is 0.362 bits per heavy atom. The Morgan fingerprint density at radius 2 is 0.681 bits per heavy atom. The molecule has 7 aromatic rings. The standard InChI is InChI=1S/C42H39N5/c1-41(2,3)39-37(43-33-16-10-12-18-35(33)45-39)28-20-24-31(25-21-28)47(30-14-8-7-9-15-30)32-26-22-29(23-27-32)38-40(42(4,5)6)46-36-19-13-11-17-34(36)44-38/h7-27H,1-6H3. The Morgan fingerprint density at radius 3 is 1.04 bits per heavy atom. The molecule has 0 aliphatic carbocycles. The van der Waals surface area contributed by atoms with E-state index in [1.807, 2.05) is 54.6 Å². The Hall–Kier alpha value is -5.42. The third-order valence-electron chi connectivity index (χ3n) is 8.37. The first-order valence-electron chi connectivity index (χ1n) is 16.2. The number of hydrogen-bond donors (Lipinski definition) is 0. The maximum absolute atomic E-state index is 5.10. The van der Waals surface area contributed by atoms with Crippen molar-refractivity contribution in [3.8, 4) is 22.5 Å². The molecule has 2 aromatic heterocycles. The fourth-order valence-electron chi connectivity index (χ4n) is 6.01. The second-order valence-electron chi connectivity index (χ2n) is 14.1. The number of aromatic nitrogens is 4. The molecule has 2 heterocycles. The Kier molecular flexibility index (Phi) is 7.56. The van der Waals surface area contributed by atoms with Gasteiger partial charge in [-0.2, -0.15) is 0 Å². The second kappa shape index (κ2) is 11.7. The number of benzene rings is 5. The zero-order valence-corrected chi connectivity index (χ0v) is 27.9. The van der Waals surface area contributed by atoms with Crippen molar-refractivity contribution in [2.45, 2.75) is 52.4 Å². The molecule has 0 N–H and O–H groups in total. The van der Waals surface area contributed by atoms with Crippen molar-refractivity contribution < 1.29 is 0 Å². The van der Waals surface area contributed by atoms with E-state index in [0.29, 0.717) is 0 Å². The molecule has 0 saturated heterocycles. The lowest BCUT2D eigenvalue weighted by molar-refractivity contribution is 0.571. The summed E-state index contributed by atoms with van der Waals surface area (Å²) in [7, 11) is 0. The van der Waals surface area contributed by atoms with E-state index < -0.39 is 0 Å². The predicted molar refractivity (Wildman–Crippen MR) is 196 cm³/mol. The van der Waals surface area contributed by atoms with Gasteiger partial charge in [0.05, 0.1) is 44.8 Å². The van der Waals surface area contributed by atoms with Crippen molar-refractivity contribution in [3.05, 3.63) is 139 Å². The first-order chi connectivity index (χ1) is 22.6. The maximum atomic E-state index is 5.10. The zero-order valence-electron chi connectivity index (χ0n) is 27.9. The lowest BCUT2D eigenvalue weighted by atomic mass is 9.88. The second-order valence-corrected chi connectivity index (χ2v) is 14.1. The van der Waals surface area contributed by atoms with Crippen LogP contribution in [0, 0.1) is 0 Å². The number of anilines is 3. The van der Waals surface area contributed by atoms with Gasteiger partial charge < -0.3 is 4.90 Å². The van der Waals surface area contributed by atoms with Crippen molar-refractivity contribution in [1.82, 2.24) is 19.9 Å². The van der Waals surface area contributed by atoms with Crippen molar-refractivity contribution in [3.63, 3.8) is 0 Å². The summed E-state index contributed by atoms with van der Waals surface area (Å²) in [6, 6.07) is 44.0. The molecule has 0 unspecified atom stereocenters. The lowest BCUT2D eigenvalue weighted by Crippen LogP contribution is -2.16. The van der Waals surface area contributed by atoms with E-state index in [-0.39, 0.29) is 10.8 Å². The molecule has 0 atom stereocenters. The third kappa shape index (κ3) is 5.97. The van der Waals surface area contributed by atoms with E-state index in [1.165, 1.54) is 0 Å². The van der Waals surface area contributed by atoms with Gasteiger partial charge in [-0.05, 0) is 60.7 Å². The van der Waals surface area contributed by atoms with E-state index in [2.05, 4.69) is 119 Å². The smallest absolute Gasteiger partial charge is 0.0930 e. The number of nitrogens with zero attached hydrogens (tertiary/aromatic N) is 5. The minimum Gasteiger partial charge on any atom is -0.311 e. The van der Waals surface area contributed by atoms with E-state index in [4.69, 9.17) is 19.9 Å². The van der Waals surface area contributed by atoms with Crippen LogP contribution in [0.2, 0.25) is 0 Å². The molecule has 232 valence electrons. The quantitative estimate of drug-likeness (QED) is 0.193. The Bertz CT molecular complexity index is 2050. The fourth-order valence-corrected chi connectivity index (χ4v) is 6.01. The molecule has 5 heteroatoms. The molecule has 0 spiro atoms. The summed E-state index contributed by atoms with van der Waals surface area (Å²) in [5.41, 5.74) is 12.4. The number of rotatable bonds is 5. The van der Waals surface area contributed by atoms with E-state index in [1.54, 1.807) is 0 Å². The Labute approximate surface area is 277 Å². The molecule has 0 aliphatic rings. The highest BCUT2D eigenvalue weighted by molar-refractivity contribution is 5.83. The van der Waals surface area contributed by atoms with Gasteiger partial charge in [0, 0.05) is 39.0 Å². The summed E-state index contributed by atoms with van der Waals surface area (Å²) in [6.45, 7) is 13.2. The zero-order chi connectivity index (χ0) is 32.8. The maximum Gasteiger partial charge on any atom is 0.0930 e. The van der Waals surface area contributed by atoms with E-state index >= 15 is 0 Å². The predicted octanol–water partition coefficient (Wildman–Crippen LogP) is 11.0. The minimum atomic E-state index is -0.162. The monoisotopic (exact) mass is 613 g/mol. The molecular formula is C42H39N5. The topological polar surface area (TPSA) is 54.8 Å². The van der Waals surface area contributed by atoms with Gasteiger partial charge in [-0.3, -0.25) is 0 Å². The molecule has 0 saturated carbocycles. The highest BCUT2D eigenvalue weighted by atomic mass is 15.1. The van der Waals surface area contributed by atoms with Gasteiger partial charge in [-0.1, -0.05) is 108 Å². The third-order valence-corrected chi connectivity index (χ3v) is 8.37. The molecule has 0 fully saturated rings. The van der Waals surface area contributed by atoms with Gasteiger partial charge in [0.25, 0.3) is 0 Å². The summed E-state index contributed by atoms with van der Waals surface area (Å²) in [6.07, 6.45) is 0. The molecule has 0 aliphatic heterocycles. The summed E-state index contributed by atoms with van der Waals surface area (Å²) < 4.78 is 0. The SMILES string of the molecule is CC(C)(C)c1nc2ccccc2nc1-c1ccc(N(c2ccccc2)c2ccc(-c3nc4ccccc4nc3C(C)(C)C)cc2)cc1. The van der Waals surface area contributed by atoms with Crippen LogP contribution in [0.4, 0.5) is 17.1 Å². The largest absolute Gasteiger partial charge is 0.311 e. The molecule has 5 aromatic carbocycles. The molecular weight excluding hydrogens is 574 g/mol. The van der Waals surface area contributed by atoms with Gasteiger partial charge >= 0.3 is 0 Å². The van der Waals surface area contributed by atoms with Crippen LogP contribution in [0.3, 0.4) is 0 Å². The van der Waals surface area contributed by atoms with Crippen LogP contribution >= 0.6 is 0 Å². The van der Waals surface area contributed by atoms with Crippen LogP contribution in [0.15, 0.2) is 127 Å². The minimum absolute atomic E-state index is 0.162. The molecule has 5 nitrogen and oxygen atoms in total. The first kappa shape index (κ1) is 30.2. The van der Waals surface area contributed by atoms with Crippen molar-refractivity contribution in [2.75, 3.05) is 4.90 Å². The van der Waals surface area contributed by atoms with Gasteiger partial charge in [0.2, 0.25) is 0 Å². The van der Waals surface area contributed by atoms with E-state index in [9.17, 15) is 0 Å². The van der Waals surface area contributed by atoms with Crippen molar-refractivity contribution in [2.24, 2.45) is 0 Å².